The molecule has 2 saturated heterocycles. The van der Waals surface area contributed by atoms with Crippen LogP contribution in [0.2, 0.25) is 10.0 Å². The predicted octanol–water partition coefficient (Wildman–Crippen LogP) is 5.90. The minimum atomic E-state index is -1.07. The SMILES string of the molecule is CCC1(C2CCNC2)C(c2ccc(Cl)c(Cl)c2)C(C(N)=O)(c2ccccc2)CCN1C(=O)OC(C)(C)C. The number of nitrogens with two attached hydrogens (primary N) is 1. The average Bonchev–Trinajstić information content (AvgIpc) is 3.39. The van der Waals surface area contributed by atoms with Crippen molar-refractivity contribution in [2.75, 3.05) is 19.6 Å². The molecule has 6 nitrogen and oxygen atoms in total. The second kappa shape index (κ2) is 10.5. The fourth-order valence-electron chi connectivity index (χ4n) is 6.74. The van der Waals surface area contributed by atoms with Crippen LogP contribution < -0.4 is 11.1 Å². The van der Waals surface area contributed by atoms with Crippen LogP contribution in [0.5, 0.6) is 0 Å². The molecule has 0 spiro atoms. The van der Waals surface area contributed by atoms with Gasteiger partial charge in [0, 0.05) is 19.0 Å². The summed E-state index contributed by atoms with van der Waals surface area (Å²) in [6.07, 6.45) is 1.44. The van der Waals surface area contributed by atoms with E-state index in [2.05, 4.69) is 12.2 Å². The summed E-state index contributed by atoms with van der Waals surface area (Å²) in [5.41, 5.74) is 5.54. The Morgan fingerprint density at radius 2 is 1.84 bits per heavy atom. The van der Waals surface area contributed by atoms with Crippen LogP contribution in [0.25, 0.3) is 0 Å². The van der Waals surface area contributed by atoms with Crippen molar-refractivity contribution < 1.29 is 14.3 Å². The molecule has 0 radical (unpaired) electrons. The number of hydrogen-bond acceptors (Lipinski definition) is 4. The summed E-state index contributed by atoms with van der Waals surface area (Å²) < 4.78 is 5.96. The number of rotatable bonds is 5. The summed E-state index contributed by atoms with van der Waals surface area (Å²) in [4.78, 5) is 29.5. The molecule has 0 bridgehead atoms. The molecule has 2 heterocycles. The number of carbonyl (C=O) groups excluding carboxylic acids is 2. The highest BCUT2D eigenvalue weighted by molar-refractivity contribution is 6.42. The lowest BCUT2D eigenvalue weighted by Gasteiger charge is -2.61. The molecule has 8 heteroatoms. The van der Waals surface area contributed by atoms with Gasteiger partial charge in [0.05, 0.1) is 21.0 Å². The average molecular weight is 547 g/mol. The molecule has 3 N–H and O–H groups in total. The summed E-state index contributed by atoms with van der Waals surface area (Å²) in [6.45, 7) is 9.58. The Labute approximate surface area is 229 Å². The third-order valence-electron chi connectivity index (χ3n) is 8.18. The summed E-state index contributed by atoms with van der Waals surface area (Å²) in [5, 5.41) is 4.31. The Kier molecular flexibility index (Phi) is 7.85. The van der Waals surface area contributed by atoms with Crippen LogP contribution in [0.3, 0.4) is 0 Å². The van der Waals surface area contributed by atoms with Crippen molar-refractivity contribution in [3.05, 3.63) is 69.7 Å². The fraction of sp³-hybridized carbons (Fsp3) is 0.517. The molecule has 2 fully saturated rings. The zero-order valence-electron chi connectivity index (χ0n) is 22.0. The van der Waals surface area contributed by atoms with Crippen molar-refractivity contribution in [1.29, 1.82) is 0 Å². The third kappa shape index (κ3) is 4.84. The van der Waals surface area contributed by atoms with Gasteiger partial charge in [0.2, 0.25) is 5.91 Å². The Bertz CT molecular complexity index is 1150. The van der Waals surface area contributed by atoms with Gasteiger partial charge in [0.25, 0.3) is 0 Å². The topological polar surface area (TPSA) is 84.7 Å². The van der Waals surface area contributed by atoms with Crippen molar-refractivity contribution in [2.45, 2.75) is 69.4 Å². The summed E-state index contributed by atoms with van der Waals surface area (Å²) in [6, 6.07) is 15.2. The number of primary amides is 1. The van der Waals surface area contributed by atoms with Crippen LogP contribution >= 0.6 is 23.2 Å². The molecular formula is C29H37Cl2N3O3. The van der Waals surface area contributed by atoms with E-state index in [9.17, 15) is 9.59 Å². The maximum atomic E-state index is 13.9. The van der Waals surface area contributed by atoms with Gasteiger partial charge in [-0.2, -0.15) is 0 Å². The van der Waals surface area contributed by atoms with Crippen LogP contribution in [0.15, 0.2) is 48.5 Å². The van der Waals surface area contributed by atoms with Gasteiger partial charge >= 0.3 is 6.09 Å². The molecule has 0 saturated carbocycles. The monoisotopic (exact) mass is 545 g/mol. The summed E-state index contributed by atoms with van der Waals surface area (Å²) in [5.74, 6) is -0.833. The number of nitrogens with zero attached hydrogens (tertiary/aromatic N) is 1. The Morgan fingerprint density at radius 3 is 2.38 bits per heavy atom. The number of carbonyl (C=O) groups is 2. The van der Waals surface area contributed by atoms with E-state index < -0.39 is 28.4 Å². The van der Waals surface area contributed by atoms with E-state index in [1.165, 1.54) is 0 Å². The van der Waals surface area contributed by atoms with Gasteiger partial charge in [0.1, 0.15) is 5.60 Å². The van der Waals surface area contributed by atoms with Crippen molar-refractivity contribution in [1.82, 2.24) is 10.2 Å². The number of amides is 2. The molecule has 2 aromatic rings. The molecule has 200 valence electrons. The van der Waals surface area contributed by atoms with Gasteiger partial charge in [0.15, 0.2) is 0 Å². The van der Waals surface area contributed by atoms with Gasteiger partial charge in [-0.25, -0.2) is 4.79 Å². The number of nitrogens with one attached hydrogen (secondary N) is 1. The number of benzene rings is 2. The highest BCUT2D eigenvalue weighted by Gasteiger charge is 2.64. The first kappa shape index (κ1) is 27.7. The first-order valence-electron chi connectivity index (χ1n) is 13.0. The minimum absolute atomic E-state index is 0.0622. The number of halogens is 2. The largest absolute Gasteiger partial charge is 0.444 e. The molecule has 4 rings (SSSR count). The Hall–Kier alpha value is -2.28. The molecule has 2 amide bonds. The lowest BCUT2D eigenvalue weighted by Crippen LogP contribution is -2.70. The fourth-order valence-corrected chi connectivity index (χ4v) is 7.05. The van der Waals surface area contributed by atoms with Gasteiger partial charge in [-0.05, 0) is 75.8 Å². The van der Waals surface area contributed by atoms with Crippen molar-refractivity contribution >= 4 is 35.2 Å². The lowest BCUT2D eigenvalue weighted by molar-refractivity contribution is -0.133. The Morgan fingerprint density at radius 1 is 1.14 bits per heavy atom. The maximum Gasteiger partial charge on any atom is 0.410 e. The highest BCUT2D eigenvalue weighted by Crippen LogP contribution is 2.58. The number of likely N-dealkylation sites (tertiary alicyclic amines) is 1. The molecule has 37 heavy (non-hydrogen) atoms. The molecule has 2 aromatic carbocycles. The second-order valence-corrected chi connectivity index (χ2v) is 12.0. The molecule has 4 atom stereocenters. The van der Waals surface area contributed by atoms with Gasteiger partial charge < -0.3 is 20.7 Å². The minimum Gasteiger partial charge on any atom is -0.444 e. The van der Waals surface area contributed by atoms with Crippen LogP contribution in [-0.4, -0.2) is 47.7 Å². The number of hydrogen-bond donors (Lipinski definition) is 2. The van der Waals surface area contributed by atoms with Gasteiger partial charge in [-0.1, -0.05) is 66.5 Å². The van der Waals surface area contributed by atoms with E-state index in [4.69, 9.17) is 33.7 Å². The smallest absolute Gasteiger partial charge is 0.410 e. The third-order valence-corrected chi connectivity index (χ3v) is 8.92. The lowest BCUT2D eigenvalue weighted by atomic mass is 9.51. The zero-order chi connectivity index (χ0) is 27.0. The van der Waals surface area contributed by atoms with Crippen molar-refractivity contribution in [2.24, 2.45) is 11.7 Å². The van der Waals surface area contributed by atoms with Crippen molar-refractivity contribution in [3.8, 4) is 0 Å². The van der Waals surface area contributed by atoms with Crippen LogP contribution in [0, 0.1) is 5.92 Å². The normalized spacial score (nSPS) is 28.2. The second-order valence-electron chi connectivity index (χ2n) is 11.2. The van der Waals surface area contributed by atoms with Crippen LogP contribution in [-0.2, 0) is 14.9 Å². The number of ether oxygens (including phenoxy) is 1. The molecule has 4 unspecified atom stereocenters. The molecule has 2 aliphatic rings. The quantitative estimate of drug-likeness (QED) is 0.489. The van der Waals surface area contributed by atoms with E-state index in [1.54, 1.807) is 6.07 Å². The van der Waals surface area contributed by atoms with Gasteiger partial charge in [-0.3, -0.25) is 4.79 Å². The van der Waals surface area contributed by atoms with Crippen LogP contribution in [0.4, 0.5) is 4.79 Å². The first-order valence-corrected chi connectivity index (χ1v) is 13.7. The van der Waals surface area contributed by atoms with E-state index in [0.717, 1.165) is 24.1 Å². The standard InChI is InChI=1S/C29H37Cl2N3O3/c1-5-29(21-13-15-33-18-21)24(19-11-12-22(30)23(31)17-19)28(25(32)35,20-9-7-6-8-10-20)14-16-34(29)26(36)37-27(2,3)4/h6-12,17,21,24,33H,5,13-16,18H2,1-4H3,(H2,32,35). The summed E-state index contributed by atoms with van der Waals surface area (Å²) >= 11 is 12.9. The van der Waals surface area contributed by atoms with Crippen molar-refractivity contribution in [3.63, 3.8) is 0 Å². The molecular weight excluding hydrogens is 509 g/mol. The maximum absolute atomic E-state index is 13.9. The Balaban J connectivity index is 2.05. The van der Waals surface area contributed by atoms with Gasteiger partial charge in [-0.15, -0.1) is 0 Å². The van der Waals surface area contributed by atoms with E-state index >= 15 is 0 Å². The van der Waals surface area contributed by atoms with E-state index in [1.807, 2.05) is 68.1 Å². The first-order chi connectivity index (χ1) is 17.5. The van der Waals surface area contributed by atoms with E-state index in [-0.39, 0.29) is 12.0 Å². The van der Waals surface area contributed by atoms with Crippen LogP contribution in [0.1, 0.15) is 64.0 Å². The zero-order valence-corrected chi connectivity index (χ0v) is 23.5. The highest BCUT2D eigenvalue weighted by atomic mass is 35.5. The molecule has 0 aliphatic carbocycles. The molecule has 0 aromatic heterocycles. The summed E-state index contributed by atoms with van der Waals surface area (Å²) in [7, 11) is 0. The van der Waals surface area contributed by atoms with E-state index in [0.29, 0.717) is 36.0 Å². The molecule has 2 aliphatic heterocycles. The predicted molar refractivity (Wildman–Crippen MR) is 148 cm³/mol. The number of piperidine rings is 1.